The number of carboxylic acids is 1. The molecule has 2 atom stereocenters. The number of carbonyl (C=O) groups is 2. The number of hydrogen-bond donors (Lipinski definition) is 3. The number of carbonyl (C=O) groups excluding carboxylic acids is 1. The number of nitrogens with zero attached hydrogens (tertiary/aromatic N) is 4. The topological polar surface area (TPSA) is 134 Å². The van der Waals surface area contributed by atoms with Gasteiger partial charge >= 0.3 is 5.97 Å². The van der Waals surface area contributed by atoms with Gasteiger partial charge in [-0.15, -0.1) is 0 Å². The highest BCUT2D eigenvalue weighted by molar-refractivity contribution is 6.04. The van der Waals surface area contributed by atoms with E-state index in [4.69, 9.17) is 10.8 Å². The highest BCUT2D eigenvalue weighted by atomic mass is 16.4. The van der Waals surface area contributed by atoms with Crippen molar-refractivity contribution < 1.29 is 14.7 Å². The molecule has 144 valence electrons. The second-order valence-electron chi connectivity index (χ2n) is 6.83. The van der Waals surface area contributed by atoms with Crippen molar-refractivity contribution in [3.8, 4) is 11.4 Å². The smallest absolute Gasteiger partial charge is 0.320 e. The van der Waals surface area contributed by atoms with Crippen molar-refractivity contribution in [2.75, 3.05) is 13.1 Å². The van der Waals surface area contributed by atoms with Crippen LogP contribution in [0.1, 0.15) is 17.7 Å². The summed E-state index contributed by atoms with van der Waals surface area (Å²) in [6.07, 6.45) is 2.45. The predicted octanol–water partition coefficient (Wildman–Crippen LogP) is 0.00620. The molecule has 4 N–H and O–H groups in total. The minimum Gasteiger partial charge on any atom is -0.480 e. The normalized spacial score (nSPS) is 19.6. The molecule has 1 aromatic heterocycles. The highest BCUT2D eigenvalue weighted by Crippen LogP contribution is 2.22. The third-order valence-electron chi connectivity index (χ3n) is 4.87. The summed E-state index contributed by atoms with van der Waals surface area (Å²) in [6.45, 7) is 1.29. The van der Waals surface area contributed by atoms with Gasteiger partial charge in [0.05, 0.1) is 18.0 Å². The van der Waals surface area contributed by atoms with Crippen molar-refractivity contribution in [2.24, 2.45) is 10.8 Å². The first-order valence-corrected chi connectivity index (χ1v) is 9.04. The van der Waals surface area contributed by atoms with E-state index in [-0.39, 0.29) is 18.4 Å². The van der Waals surface area contributed by atoms with Gasteiger partial charge in [0.1, 0.15) is 12.1 Å². The largest absolute Gasteiger partial charge is 0.480 e. The lowest BCUT2D eigenvalue weighted by atomic mass is 10.0. The zero-order chi connectivity index (χ0) is 19.7. The molecular weight excluding hydrogens is 360 g/mol. The number of aliphatic carboxylic acids is 1. The van der Waals surface area contributed by atoms with E-state index in [1.807, 2.05) is 29.3 Å². The quantitative estimate of drug-likeness (QED) is 0.665. The molecule has 3 heterocycles. The fraction of sp³-hybridized carbons (Fsp3) is 0.316. The summed E-state index contributed by atoms with van der Waals surface area (Å²) in [6, 6.07) is 7.93. The van der Waals surface area contributed by atoms with Crippen LogP contribution in [0.5, 0.6) is 0 Å². The maximum absolute atomic E-state index is 12.0. The first-order valence-electron chi connectivity index (χ1n) is 9.04. The molecule has 0 bridgehead atoms. The van der Waals surface area contributed by atoms with Crippen LogP contribution in [0.15, 0.2) is 41.6 Å². The number of amides is 1. The van der Waals surface area contributed by atoms with E-state index >= 15 is 0 Å². The molecular formula is C19H20N6O3. The van der Waals surface area contributed by atoms with Crippen LogP contribution in [0.2, 0.25) is 0 Å². The average molecular weight is 380 g/mol. The van der Waals surface area contributed by atoms with Gasteiger partial charge in [-0.1, -0.05) is 24.3 Å². The maximum Gasteiger partial charge on any atom is 0.320 e. The van der Waals surface area contributed by atoms with Gasteiger partial charge < -0.3 is 16.2 Å². The number of fused-ring (bicyclic) bond motifs is 1. The lowest BCUT2D eigenvalue weighted by Gasteiger charge is -2.27. The molecule has 1 saturated heterocycles. The molecule has 1 amide bonds. The van der Waals surface area contributed by atoms with Crippen molar-refractivity contribution >= 4 is 17.6 Å². The molecule has 1 aromatic carbocycles. The first kappa shape index (κ1) is 18.1. The fourth-order valence-corrected chi connectivity index (χ4v) is 3.34. The summed E-state index contributed by atoms with van der Waals surface area (Å²) >= 11 is 0. The molecule has 4 rings (SSSR count). The molecule has 0 spiro atoms. The Morgan fingerprint density at radius 1 is 1.32 bits per heavy atom. The summed E-state index contributed by atoms with van der Waals surface area (Å²) in [5.74, 6) is -0.486. The molecule has 9 nitrogen and oxygen atoms in total. The van der Waals surface area contributed by atoms with E-state index in [0.29, 0.717) is 31.0 Å². The van der Waals surface area contributed by atoms with Gasteiger partial charge in [-0.2, -0.15) is 5.10 Å². The number of carboxylic acid groups (broad SMARTS) is 1. The third-order valence-corrected chi connectivity index (χ3v) is 4.87. The number of hydrogen-bond acceptors (Lipinski definition) is 7. The summed E-state index contributed by atoms with van der Waals surface area (Å²) in [7, 11) is 0. The molecule has 9 heteroatoms. The van der Waals surface area contributed by atoms with E-state index in [1.54, 1.807) is 12.3 Å². The molecule has 2 aliphatic heterocycles. The third kappa shape index (κ3) is 3.56. The maximum atomic E-state index is 12.0. The van der Waals surface area contributed by atoms with Crippen LogP contribution in [-0.2, 0) is 16.0 Å². The van der Waals surface area contributed by atoms with Crippen LogP contribution < -0.4 is 11.1 Å². The van der Waals surface area contributed by atoms with Crippen LogP contribution in [0.4, 0.5) is 0 Å². The predicted molar refractivity (Wildman–Crippen MR) is 101 cm³/mol. The van der Waals surface area contributed by atoms with Gasteiger partial charge in [-0.3, -0.25) is 14.6 Å². The van der Waals surface area contributed by atoms with Gasteiger partial charge in [-0.25, -0.2) is 9.97 Å². The van der Waals surface area contributed by atoms with Crippen molar-refractivity contribution in [1.82, 2.24) is 20.3 Å². The van der Waals surface area contributed by atoms with Crippen molar-refractivity contribution in [3.63, 3.8) is 0 Å². The number of aromatic nitrogens is 2. The van der Waals surface area contributed by atoms with E-state index in [2.05, 4.69) is 20.4 Å². The van der Waals surface area contributed by atoms with Crippen LogP contribution in [0.3, 0.4) is 0 Å². The van der Waals surface area contributed by atoms with E-state index in [1.165, 1.54) is 0 Å². The second-order valence-corrected chi connectivity index (χ2v) is 6.83. The summed E-state index contributed by atoms with van der Waals surface area (Å²) in [5, 5.41) is 18.1. The Kier molecular flexibility index (Phi) is 4.74. The average Bonchev–Trinajstić information content (AvgIpc) is 3.14. The lowest BCUT2D eigenvalue weighted by molar-refractivity contribution is -0.138. The van der Waals surface area contributed by atoms with Crippen LogP contribution in [0.25, 0.3) is 11.4 Å². The van der Waals surface area contributed by atoms with E-state index < -0.39 is 12.0 Å². The van der Waals surface area contributed by atoms with Crippen molar-refractivity contribution in [2.45, 2.75) is 24.9 Å². The Hall–Kier alpha value is -3.33. The number of rotatable bonds is 5. The SMILES string of the molecule is NC(Cc1ccc(-c2nccc(C3=NN4CCNC(=O)C4C3)n2)cc1)C(=O)O. The molecule has 0 aliphatic carbocycles. The standard InChI is InChI=1S/C19H20N6O3/c20-13(19(27)28)9-11-1-3-12(4-2-11)17-21-6-5-14(23-17)15-10-16-18(26)22-7-8-25(16)24-15/h1-6,13,16H,7-10,20H2,(H,22,26)(H,27,28). The molecule has 2 aromatic rings. The highest BCUT2D eigenvalue weighted by Gasteiger charge is 2.35. The Balaban J connectivity index is 1.53. The Labute approximate surface area is 161 Å². The lowest BCUT2D eigenvalue weighted by Crippen LogP contribution is -2.51. The van der Waals surface area contributed by atoms with Gasteiger partial charge in [0.2, 0.25) is 5.91 Å². The number of nitrogens with two attached hydrogens (primary N) is 1. The fourth-order valence-electron chi connectivity index (χ4n) is 3.34. The van der Waals surface area contributed by atoms with Crippen LogP contribution in [-0.4, -0.2) is 62.8 Å². The Bertz CT molecular complexity index is 943. The van der Waals surface area contributed by atoms with Gasteiger partial charge in [0.25, 0.3) is 0 Å². The molecule has 2 unspecified atom stereocenters. The second kappa shape index (κ2) is 7.35. The van der Waals surface area contributed by atoms with Crippen molar-refractivity contribution in [1.29, 1.82) is 0 Å². The number of benzene rings is 1. The first-order chi connectivity index (χ1) is 13.5. The minimum atomic E-state index is -1.03. The van der Waals surface area contributed by atoms with E-state index in [9.17, 15) is 9.59 Å². The molecule has 0 saturated carbocycles. The van der Waals surface area contributed by atoms with Crippen molar-refractivity contribution in [3.05, 3.63) is 47.8 Å². The molecule has 2 aliphatic rings. The van der Waals surface area contributed by atoms with Crippen LogP contribution in [0, 0.1) is 0 Å². The summed E-state index contributed by atoms with van der Waals surface area (Å²) < 4.78 is 0. The van der Waals surface area contributed by atoms with Gasteiger partial charge in [-0.05, 0) is 18.1 Å². The number of nitrogens with one attached hydrogen (secondary N) is 1. The minimum absolute atomic E-state index is 0.00515. The monoisotopic (exact) mass is 380 g/mol. The summed E-state index contributed by atoms with van der Waals surface area (Å²) in [4.78, 5) is 31.8. The Morgan fingerprint density at radius 3 is 2.82 bits per heavy atom. The summed E-state index contributed by atoms with van der Waals surface area (Å²) in [5.41, 5.74) is 8.69. The van der Waals surface area contributed by atoms with Gasteiger partial charge in [0, 0.05) is 24.7 Å². The molecule has 0 radical (unpaired) electrons. The zero-order valence-electron chi connectivity index (χ0n) is 15.1. The molecule has 28 heavy (non-hydrogen) atoms. The Morgan fingerprint density at radius 2 is 2.11 bits per heavy atom. The number of piperazine rings is 1. The van der Waals surface area contributed by atoms with E-state index in [0.717, 1.165) is 16.8 Å². The van der Waals surface area contributed by atoms with Gasteiger partial charge in [0.15, 0.2) is 5.82 Å². The zero-order valence-corrected chi connectivity index (χ0v) is 15.1. The van der Waals surface area contributed by atoms with Crippen LogP contribution >= 0.6 is 0 Å². The molecule has 1 fully saturated rings. The number of hydrazone groups is 1.